The van der Waals surface area contributed by atoms with Crippen LogP contribution in [0.5, 0.6) is 11.5 Å². The molecule has 0 aliphatic carbocycles. The van der Waals surface area contributed by atoms with Crippen molar-refractivity contribution in [1.82, 2.24) is 9.29 Å². The third-order valence-electron chi connectivity index (χ3n) is 4.67. The summed E-state index contributed by atoms with van der Waals surface area (Å²) in [6.07, 6.45) is 3.23. The molecule has 0 fully saturated rings. The van der Waals surface area contributed by atoms with E-state index < -0.39 is 16.0 Å². The summed E-state index contributed by atoms with van der Waals surface area (Å²) in [4.78, 5) is 16.6. The molecule has 0 unspecified atom stereocenters. The molecule has 2 aromatic carbocycles. The number of carbonyl (C=O) groups excluding carboxylic acids is 1. The first kappa shape index (κ1) is 22.5. The van der Waals surface area contributed by atoms with Gasteiger partial charge in [0.2, 0.25) is 10.0 Å². The number of pyridine rings is 1. The molecule has 3 aromatic rings. The predicted molar refractivity (Wildman–Crippen MR) is 116 cm³/mol. The Balaban J connectivity index is 1.74. The molecule has 0 bridgehead atoms. The summed E-state index contributed by atoms with van der Waals surface area (Å²) in [5.74, 6) is 0.479. The number of aromatic nitrogens is 1. The van der Waals surface area contributed by atoms with Gasteiger partial charge in [0, 0.05) is 24.8 Å². The fourth-order valence-corrected chi connectivity index (χ4v) is 4.13. The first-order chi connectivity index (χ1) is 14.8. The highest BCUT2D eigenvalue weighted by atomic mass is 32.2. The zero-order valence-corrected chi connectivity index (χ0v) is 18.4. The van der Waals surface area contributed by atoms with E-state index in [0.717, 1.165) is 0 Å². The van der Waals surface area contributed by atoms with Crippen molar-refractivity contribution in [1.29, 1.82) is 0 Å². The van der Waals surface area contributed by atoms with Crippen LogP contribution in [0.4, 0.5) is 0 Å². The van der Waals surface area contributed by atoms with Crippen LogP contribution in [0.2, 0.25) is 0 Å². The number of sulfonamides is 1. The lowest BCUT2D eigenvalue weighted by atomic mass is 10.2. The Bertz CT molecular complexity index is 1150. The number of nitrogens with zero attached hydrogens (tertiary/aromatic N) is 2. The smallest absolute Gasteiger partial charge is 0.338 e. The van der Waals surface area contributed by atoms with Crippen LogP contribution in [0.1, 0.15) is 29.8 Å². The van der Waals surface area contributed by atoms with E-state index in [4.69, 9.17) is 9.47 Å². The average Bonchev–Trinajstić information content (AvgIpc) is 2.78. The molecule has 0 spiro atoms. The van der Waals surface area contributed by atoms with Gasteiger partial charge in [-0.15, -0.1) is 0 Å². The van der Waals surface area contributed by atoms with Gasteiger partial charge in [0.1, 0.15) is 18.1 Å². The number of rotatable bonds is 8. The van der Waals surface area contributed by atoms with Crippen molar-refractivity contribution in [3.8, 4) is 11.5 Å². The SMILES string of the molecule is CC(C)N(C)S(=O)(=O)c1cccc(C(=O)OCc2ccccc2Oc2cccnc2)c1. The van der Waals surface area contributed by atoms with Gasteiger partial charge in [-0.25, -0.2) is 13.2 Å². The van der Waals surface area contributed by atoms with Gasteiger partial charge in [-0.3, -0.25) is 4.98 Å². The lowest BCUT2D eigenvalue weighted by Crippen LogP contribution is -2.33. The van der Waals surface area contributed by atoms with E-state index in [1.54, 1.807) is 50.5 Å². The molecule has 0 N–H and O–H groups in total. The van der Waals surface area contributed by atoms with Gasteiger partial charge in [0.25, 0.3) is 0 Å². The van der Waals surface area contributed by atoms with Crippen molar-refractivity contribution >= 4 is 16.0 Å². The maximum Gasteiger partial charge on any atom is 0.338 e. The molecule has 8 heteroatoms. The van der Waals surface area contributed by atoms with Crippen molar-refractivity contribution in [2.75, 3.05) is 7.05 Å². The van der Waals surface area contributed by atoms with Crippen LogP contribution >= 0.6 is 0 Å². The first-order valence-electron chi connectivity index (χ1n) is 9.70. The largest absolute Gasteiger partial charge is 0.457 e. The van der Waals surface area contributed by atoms with Crippen LogP contribution in [-0.4, -0.2) is 36.8 Å². The predicted octanol–water partition coefficient (Wildman–Crippen LogP) is 4.26. The molecule has 0 atom stereocenters. The Labute approximate surface area is 182 Å². The average molecular weight is 441 g/mol. The molecule has 0 aliphatic rings. The van der Waals surface area contributed by atoms with E-state index in [1.165, 1.54) is 35.6 Å². The van der Waals surface area contributed by atoms with Crippen LogP contribution in [0.25, 0.3) is 0 Å². The van der Waals surface area contributed by atoms with Crippen molar-refractivity contribution in [3.05, 3.63) is 84.2 Å². The minimum Gasteiger partial charge on any atom is -0.457 e. The summed E-state index contributed by atoms with van der Waals surface area (Å²) in [5, 5.41) is 0. The van der Waals surface area contributed by atoms with E-state index in [9.17, 15) is 13.2 Å². The van der Waals surface area contributed by atoms with Gasteiger partial charge in [0.15, 0.2) is 0 Å². The molecule has 7 nitrogen and oxygen atoms in total. The molecule has 3 rings (SSSR count). The summed E-state index contributed by atoms with van der Waals surface area (Å²) >= 11 is 0. The Morgan fingerprint density at radius 1 is 1.06 bits per heavy atom. The number of hydrogen-bond acceptors (Lipinski definition) is 6. The lowest BCUT2D eigenvalue weighted by molar-refractivity contribution is 0.0470. The molecule has 31 heavy (non-hydrogen) atoms. The first-order valence-corrected chi connectivity index (χ1v) is 11.1. The second-order valence-corrected chi connectivity index (χ2v) is 9.11. The summed E-state index contributed by atoms with van der Waals surface area (Å²) in [7, 11) is -2.20. The van der Waals surface area contributed by atoms with Crippen LogP contribution in [0.15, 0.2) is 78.0 Å². The minimum absolute atomic E-state index is 0.0296. The van der Waals surface area contributed by atoms with E-state index in [2.05, 4.69) is 4.98 Å². The van der Waals surface area contributed by atoms with Crippen LogP contribution in [0.3, 0.4) is 0 Å². The lowest BCUT2D eigenvalue weighted by Gasteiger charge is -2.21. The zero-order valence-electron chi connectivity index (χ0n) is 17.6. The molecule has 0 saturated heterocycles. The van der Waals surface area contributed by atoms with Gasteiger partial charge in [0.05, 0.1) is 16.7 Å². The van der Waals surface area contributed by atoms with Crippen LogP contribution in [0, 0.1) is 0 Å². The van der Waals surface area contributed by atoms with Crippen LogP contribution in [-0.2, 0) is 21.4 Å². The monoisotopic (exact) mass is 440 g/mol. The second kappa shape index (κ2) is 9.72. The maximum atomic E-state index is 12.7. The maximum absolute atomic E-state index is 12.7. The number of para-hydroxylation sites is 1. The molecule has 1 heterocycles. The summed E-state index contributed by atoms with van der Waals surface area (Å²) in [6.45, 7) is 3.53. The fourth-order valence-electron chi connectivity index (χ4n) is 2.71. The van der Waals surface area contributed by atoms with Gasteiger partial charge < -0.3 is 9.47 Å². The third-order valence-corrected chi connectivity index (χ3v) is 6.70. The number of ether oxygens (including phenoxy) is 2. The highest BCUT2D eigenvalue weighted by Crippen LogP contribution is 2.25. The minimum atomic E-state index is -3.70. The standard InChI is InChI=1S/C23H24N2O5S/c1-17(2)25(3)31(27,28)21-11-6-9-18(14-21)23(26)29-16-19-8-4-5-12-22(19)30-20-10-7-13-24-15-20/h4-15,17H,16H2,1-3H3. The molecule has 0 radical (unpaired) electrons. The summed E-state index contributed by atoms with van der Waals surface area (Å²) in [5.41, 5.74) is 0.826. The van der Waals surface area contributed by atoms with Gasteiger partial charge in [-0.05, 0) is 50.2 Å². The van der Waals surface area contributed by atoms with Gasteiger partial charge in [-0.1, -0.05) is 24.3 Å². The molecular formula is C23H24N2O5S. The Morgan fingerprint density at radius 2 is 1.84 bits per heavy atom. The fraction of sp³-hybridized carbons (Fsp3) is 0.217. The van der Waals surface area contributed by atoms with E-state index in [0.29, 0.717) is 17.1 Å². The molecule has 0 aliphatic heterocycles. The molecule has 0 amide bonds. The van der Waals surface area contributed by atoms with E-state index in [-0.39, 0.29) is 23.1 Å². The number of hydrogen-bond donors (Lipinski definition) is 0. The van der Waals surface area contributed by atoms with Crippen molar-refractivity contribution in [3.63, 3.8) is 0 Å². The van der Waals surface area contributed by atoms with Crippen LogP contribution < -0.4 is 4.74 Å². The normalized spacial score (nSPS) is 11.5. The van der Waals surface area contributed by atoms with Crippen molar-refractivity contribution in [2.45, 2.75) is 31.4 Å². The van der Waals surface area contributed by atoms with Crippen molar-refractivity contribution in [2.24, 2.45) is 0 Å². The van der Waals surface area contributed by atoms with Crippen molar-refractivity contribution < 1.29 is 22.7 Å². The molecular weight excluding hydrogens is 416 g/mol. The zero-order chi connectivity index (χ0) is 22.4. The van der Waals surface area contributed by atoms with Gasteiger partial charge in [-0.2, -0.15) is 4.31 Å². The summed E-state index contributed by atoms with van der Waals surface area (Å²) < 4.78 is 37.9. The van der Waals surface area contributed by atoms with E-state index in [1.807, 2.05) is 12.1 Å². The molecule has 162 valence electrons. The third kappa shape index (κ3) is 5.48. The topological polar surface area (TPSA) is 85.8 Å². The highest BCUT2D eigenvalue weighted by Gasteiger charge is 2.24. The molecule has 0 saturated carbocycles. The highest BCUT2D eigenvalue weighted by molar-refractivity contribution is 7.89. The quantitative estimate of drug-likeness (QED) is 0.487. The number of esters is 1. The molecule has 1 aromatic heterocycles. The Kier molecular flexibility index (Phi) is 7.04. The second-order valence-electron chi connectivity index (χ2n) is 7.12. The summed E-state index contributed by atoms with van der Waals surface area (Å²) in [6, 6.07) is 16.3. The Hall–Kier alpha value is -3.23. The van der Waals surface area contributed by atoms with E-state index >= 15 is 0 Å². The van der Waals surface area contributed by atoms with Gasteiger partial charge >= 0.3 is 5.97 Å². The Morgan fingerprint density at radius 3 is 2.55 bits per heavy atom. The number of carbonyl (C=O) groups is 1. The number of benzene rings is 2.